The van der Waals surface area contributed by atoms with Crippen molar-refractivity contribution < 1.29 is 0 Å². The first-order chi connectivity index (χ1) is 10.2. The minimum atomic E-state index is 0.617. The molecule has 21 heavy (non-hydrogen) atoms. The molecule has 3 heteroatoms. The summed E-state index contributed by atoms with van der Waals surface area (Å²) in [6, 6.07) is 16.9. The second-order valence-electron chi connectivity index (χ2n) is 5.72. The van der Waals surface area contributed by atoms with Crippen molar-refractivity contribution in [2.75, 3.05) is 6.54 Å². The first-order valence-corrected chi connectivity index (χ1v) is 8.20. The third-order valence-corrected chi connectivity index (χ3v) is 4.84. The first-order valence-electron chi connectivity index (χ1n) is 7.44. The average Bonchev–Trinajstić information content (AvgIpc) is 2.45. The molecule has 1 aliphatic carbocycles. The predicted octanol–water partition coefficient (Wildman–Crippen LogP) is 5.07. The van der Waals surface area contributed by atoms with Crippen molar-refractivity contribution in [3.63, 3.8) is 0 Å². The largest absolute Gasteiger partial charge is 0.314 e. The Hall–Kier alpha value is -1.02. The SMILES string of the molecule is Clc1ccc(CCNC2CC(c3ccccc3Cl)C2)cc1. The quantitative estimate of drug-likeness (QED) is 0.811. The fourth-order valence-electron chi connectivity index (χ4n) is 2.92. The summed E-state index contributed by atoms with van der Waals surface area (Å²) >= 11 is 12.1. The topological polar surface area (TPSA) is 12.0 Å². The summed E-state index contributed by atoms with van der Waals surface area (Å²) < 4.78 is 0. The van der Waals surface area contributed by atoms with Crippen LogP contribution in [0, 0.1) is 0 Å². The molecular formula is C18H19Cl2N. The van der Waals surface area contributed by atoms with Crippen LogP contribution in [0.3, 0.4) is 0 Å². The van der Waals surface area contributed by atoms with Gasteiger partial charge >= 0.3 is 0 Å². The summed E-state index contributed by atoms with van der Waals surface area (Å²) in [5, 5.41) is 5.33. The van der Waals surface area contributed by atoms with E-state index >= 15 is 0 Å². The van der Waals surface area contributed by atoms with E-state index in [4.69, 9.17) is 23.2 Å². The summed E-state index contributed by atoms with van der Waals surface area (Å²) in [6.45, 7) is 1.02. The Bertz CT molecular complexity index is 588. The van der Waals surface area contributed by atoms with Crippen LogP contribution in [0.5, 0.6) is 0 Å². The van der Waals surface area contributed by atoms with Crippen LogP contribution in [0.25, 0.3) is 0 Å². The van der Waals surface area contributed by atoms with Crippen LogP contribution < -0.4 is 5.32 Å². The number of halogens is 2. The molecule has 1 fully saturated rings. The molecule has 0 atom stereocenters. The van der Waals surface area contributed by atoms with Gasteiger partial charge in [0.2, 0.25) is 0 Å². The lowest BCUT2D eigenvalue weighted by Gasteiger charge is -2.37. The zero-order valence-corrected chi connectivity index (χ0v) is 13.4. The molecule has 0 saturated heterocycles. The molecule has 0 radical (unpaired) electrons. The van der Waals surface area contributed by atoms with Crippen molar-refractivity contribution in [3.05, 3.63) is 69.7 Å². The molecule has 110 valence electrons. The Labute approximate surface area is 136 Å². The summed E-state index contributed by atoms with van der Waals surface area (Å²) in [7, 11) is 0. The van der Waals surface area contributed by atoms with Crippen LogP contribution in [0.15, 0.2) is 48.5 Å². The van der Waals surface area contributed by atoms with Gasteiger partial charge in [0.15, 0.2) is 0 Å². The van der Waals surface area contributed by atoms with Gasteiger partial charge in [-0.2, -0.15) is 0 Å². The van der Waals surface area contributed by atoms with Gasteiger partial charge in [-0.3, -0.25) is 0 Å². The molecule has 0 aliphatic heterocycles. The molecule has 1 N–H and O–H groups in total. The van der Waals surface area contributed by atoms with Crippen LogP contribution >= 0.6 is 23.2 Å². The van der Waals surface area contributed by atoms with E-state index in [0.717, 1.165) is 23.0 Å². The second-order valence-corrected chi connectivity index (χ2v) is 6.56. The van der Waals surface area contributed by atoms with Gasteiger partial charge in [-0.1, -0.05) is 53.5 Å². The van der Waals surface area contributed by atoms with Crippen molar-refractivity contribution in [1.29, 1.82) is 0 Å². The Balaban J connectivity index is 1.41. The minimum absolute atomic E-state index is 0.617. The van der Waals surface area contributed by atoms with Crippen molar-refractivity contribution in [2.24, 2.45) is 0 Å². The highest BCUT2D eigenvalue weighted by Gasteiger charge is 2.30. The Morgan fingerprint density at radius 3 is 2.38 bits per heavy atom. The average molecular weight is 320 g/mol. The van der Waals surface area contributed by atoms with Crippen molar-refractivity contribution >= 4 is 23.2 Å². The number of rotatable bonds is 5. The second kappa shape index (κ2) is 6.83. The molecule has 1 nitrogen and oxygen atoms in total. The van der Waals surface area contributed by atoms with Gasteiger partial charge in [0.05, 0.1) is 0 Å². The van der Waals surface area contributed by atoms with E-state index in [2.05, 4.69) is 29.6 Å². The Kier molecular flexibility index (Phi) is 4.84. The monoisotopic (exact) mass is 319 g/mol. The van der Waals surface area contributed by atoms with Crippen molar-refractivity contribution in [2.45, 2.75) is 31.2 Å². The molecule has 1 saturated carbocycles. The van der Waals surface area contributed by atoms with Gasteiger partial charge in [0.25, 0.3) is 0 Å². The van der Waals surface area contributed by atoms with E-state index in [1.54, 1.807) is 0 Å². The smallest absolute Gasteiger partial charge is 0.0440 e. The molecule has 2 aromatic rings. The predicted molar refractivity (Wildman–Crippen MR) is 90.4 cm³/mol. The normalized spacial score (nSPS) is 21.0. The van der Waals surface area contributed by atoms with E-state index < -0.39 is 0 Å². The van der Waals surface area contributed by atoms with E-state index in [-0.39, 0.29) is 0 Å². The van der Waals surface area contributed by atoms with E-state index in [0.29, 0.717) is 12.0 Å². The van der Waals surface area contributed by atoms with E-state index in [1.165, 1.54) is 24.0 Å². The van der Waals surface area contributed by atoms with Crippen molar-refractivity contribution in [3.8, 4) is 0 Å². The lowest BCUT2D eigenvalue weighted by atomic mass is 9.76. The maximum absolute atomic E-state index is 6.25. The number of hydrogen-bond donors (Lipinski definition) is 1. The maximum Gasteiger partial charge on any atom is 0.0440 e. The van der Waals surface area contributed by atoms with E-state index in [1.807, 2.05) is 24.3 Å². The van der Waals surface area contributed by atoms with Gasteiger partial charge < -0.3 is 5.32 Å². The number of hydrogen-bond acceptors (Lipinski definition) is 1. The Morgan fingerprint density at radius 2 is 1.67 bits per heavy atom. The number of nitrogens with one attached hydrogen (secondary N) is 1. The molecule has 3 rings (SSSR count). The molecule has 0 bridgehead atoms. The third kappa shape index (κ3) is 3.79. The van der Waals surface area contributed by atoms with Gasteiger partial charge in [-0.25, -0.2) is 0 Å². The number of benzene rings is 2. The highest BCUT2D eigenvalue weighted by Crippen LogP contribution is 2.39. The van der Waals surface area contributed by atoms with Gasteiger partial charge in [0, 0.05) is 16.1 Å². The minimum Gasteiger partial charge on any atom is -0.314 e. The fourth-order valence-corrected chi connectivity index (χ4v) is 3.33. The van der Waals surface area contributed by atoms with E-state index in [9.17, 15) is 0 Å². The zero-order chi connectivity index (χ0) is 14.7. The Morgan fingerprint density at radius 1 is 0.952 bits per heavy atom. The molecule has 2 aromatic carbocycles. The lowest BCUT2D eigenvalue weighted by molar-refractivity contribution is 0.293. The zero-order valence-electron chi connectivity index (χ0n) is 11.9. The van der Waals surface area contributed by atoms with Crippen LogP contribution in [0.4, 0.5) is 0 Å². The maximum atomic E-state index is 6.25. The molecule has 0 aromatic heterocycles. The van der Waals surface area contributed by atoms with Crippen LogP contribution in [0.2, 0.25) is 10.0 Å². The molecule has 0 heterocycles. The lowest BCUT2D eigenvalue weighted by Crippen LogP contribution is -2.41. The summed E-state index contributed by atoms with van der Waals surface area (Å²) in [5.41, 5.74) is 2.63. The van der Waals surface area contributed by atoms with Crippen molar-refractivity contribution in [1.82, 2.24) is 5.32 Å². The van der Waals surface area contributed by atoms with Gasteiger partial charge in [0.1, 0.15) is 0 Å². The van der Waals surface area contributed by atoms with Gasteiger partial charge in [-0.15, -0.1) is 0 Å². The molecular weight excluding hydrogens is 301 g/mol. The van der Waals surface area contributed by atoms with Gasteiger partial charge in [-0.05, 0) is 61.1 Å². The van der Waals surface area contributed by atoms with Crippen LogP contribution in [-0.4, -0.2) is 12.6 Å². The molecule has 0 unspecified atom stereocenters. The standard InChI is InChI=1S/C18H19Cl2N/c19-15-7-5-13(6-8-15)9-10-21-16-11-14(12-16)17-3-1-2-4-18(17)20/h1-8,14,16,21H,9-12H2. The molecule has 0 spiro atoms. The summed E-state index contributed by atoms with van der Waals surface area (Å²) in [6.07, 6.45) is 3.42. The summed E-state index contributed by atoms with van der Waals surface area (Å²) in [5.74, 6) is 0.617. The molecule has 1 aliphatic rings. The molecule has 0 amide bonds. The van der Waals surface area contributed by atoms with Crippen LogP contribution in [-0.2, 0) is 6.42 Å². The van der Waals surface area contributed by atoms with Crippen LogP contribution in [0.1, 0.15) is 29.9 Å². The highest BCUT2D eigenvalue weighted by molar-refractivity contribution is 6.31. The first kappa shape index (κ1) is 14.9. The summed E-state index contributed by atoms with van der Waals surface area (Å²) in [4.78, 5) is 0. The fraction of sp³-hybridized carbons (Fsp3) is 0.333. The third-order valence-electron chi connectivity index (χ3n) is 4.24. The highest BCUT2D eigenvalue weighted by atomic mass is 35.5.